The topological polar surface area (TPSA) is 52.6 Å². The first-order valence-electron chi connectivity index (χ1n) is 7.43. The van der Waals surface area contributed by atoms with E-state index in [1.165, 1.54) is 0 Å². The van der Waals surface area contributed by atoms with Crippen molar-refractivity contribution >= 4 is 18.4 Å². The molecule has 4 nitrogen and oxygen atoms in total. The average molecular weight is 323 g/mol. The van der Waals surface area contributed by atoms with Crippen molar-refractivity contribution in [2.45, 2.75) is 70.7 Å². The van der Waals surface area contributed by atoms with Crippen molar-refractivity contribution in [2.75, 3.05) is 12.9 Å². The van der Waals surface area contributed by atoms with E-state index in [1.54, 1.807) is 0 Å². The van der Waals surface area contributed by atoms with Gasteiger partial charge in [-0.05, 0) is 49.7 Å². The molecule has 0 radical (unpaired) electrons. The number of hydrogen-bond acceptors (Lipinski definition) is 4. The van der Waals surface area contributed by atoms with Crippen LogP contribution in [0.5, 0.6) is 0 Å². The lowest BCUT2D eigenvalue weighted by atomic mass is 9.88. The molecule has 1 aliphatic rings. The first-order valence-corrected chi connectivity index (χ1v) is 12.2. The van der Waals surface area contributed by atoms with Gasteiger partial charge in [0.05, 0.1) is 12.4 Å². The van der Waals surface area contributed by atoms with Gasteiger partial charge in [-0.3, -0.25) is 4.18 Å². The second-order valence-corrected chi connectivity index (χ2v) is 13.9. The van der Waals surface area contributed by atoms with Crippen LogP contribution in [-0.2, 0) is 18.7 Å². The third-order valence-electron chi connectivity index (χ3n) is 4.59. The monoisotopic (exact) mass is 322 g/mol. The van der Waals surface area contributed by atoms with Crippen molar-refractivity contribution < 1.29 is 17.0 Å². The van der Waals surface area contributed by atoms with Crippen molar-refractivity contribution in [1.82, 2.24) is 0 Å². The minimum atomic E-state index is -3.32. The van der Waals surface area contributed by atoms with E-state index in [2.05, 4.69) is 33.9 Å². The molecule has 0 aromatic carbocycles. The van der Waals surface area contributed by atoms with Gasteiger partial charge in [-0.1, -0.05) is 20.8 Å². The van der Waals surface area contributed by atoms with Gasteiger partial charge in [-0.2, -0.15) is 8.42 Å². The normalized spacial score (nSPS) is 25.7. The molecule has 120 valence electrons. The highest BCUT2D eigenvalue weighted by molar-refractivity contribution is 7.86. The van der Waals surface area contributed by atoms with Crippen LogP contribution in [-0.4, -0.2) is 35.7 Å². The average Bonchev–Trinajstić information content (AvgIpc) is 2.24. The molecule has 1 aliphatic carbocycles. The molecule has 6 heteroatoms. The van der Waals surface area contributed by atoms with Gasteiger partial charge in [0.15, 0.2) is 8.32 Å². The molecule has 0 aliphatic heterocycles. The maximum absolute atomic E-state index is 11.1. The predicted molar refractivity (Wildman–Crippen MR) is 84.8 cm³/mol. The lowest BCUT2D eigenvalue weighted by molar-refractivity contribution is 0.112. The van der Waals surface area contributed by atoms with Crippen LogP contribution in [0, 0.1) is 5.92 Å². The van der Waals surface area contributed by atoms with Crippen LogP contribution in [0.25, 0.3) is 0 Å². The Bertz CT molecular complexity index is 403. The van der Waals surface area contributed by atoms with Crippen LogP contribution in [0.2, 0.25) is 18.1 Å². The Labute approximate surface area is 125 Å². The predicted octanol–water partition coefficient (Wildman–Crippen LogP) is 3.54. The molecule has 0 spiro atoms. The summed E-state index contributed by atoms with van der Waals surface area (Å²) in [6.07, 6.45) is 4.62. The van der Waals surface area contributed by atoms with E-state index in [-0.39, 0.29) is 11.1 Å². The van der Waals surface area contributed by atoms with E-state index in [1.807, 2.05) is 0 Å². The van der Waals surface area contributed by atoms with Gasteiger partial charge in [-0.25, -0.2) is 0 Å². The summed E-state index contributed by atoms with van der Waals surface area (Å²) in [7, 11) is -4.99. The molecule has 0 unspecified atom stereocenters. The Morgan fingerprint density at radius 2 is 1.60 bits per heavy atom. The summed E-state index contributed by atoms with van der Waals surface area (Å²) in [5.41, 5.74) is 0. The van der Waals surface area contributed by atoms with Gasteiger partial charge >= 0.3 is 0 Å². The molecule has 0 aromatic heterocycles. The molecular weight excluding hydrogens is 292 g/mol. The van der Waals surface area contributed by atoms with Crippen LogP contribution in [0.3, 0.4) is 0 Å². The van der Waals surface area contributed by atoms with Crippen molar-refractivity contribution in [3.05, 3.63) is 0 Å². The maximum Gasteiger partial charge on any atom is 0.264 e. The lowest BCUT2D eigenvalue weighted by Crippen LogP contribution is -2.42. The van der Waals surface area contributed by atoms with Crippen LogP contribution < -0.4 is 0 Å². The number of rotatable bonds is 5. The summed E-state index contributed by atoms with van der Waals surface area (Å²) >= 11 is 0. The fourth-order valence-electron chi connectivity index (χ4n) is 2.18. The van der Waals surface area contributed by atoms with Gasteiger partial charge < -0.3 is 4.43 Å². The van der Waals surface area contributed by atoms with Crippen LogP contribution in [0.15, 0.2) is 0 Å². The molecule has 20 heavy (non-hydrogen) atoms. The van der Waals surface area contributed by atoms with Gasteiger partial charge in [0.25, 0.3) is 10.1 Å². The Hall–Kier alpha value is 0.0869. The second kappa shape index (κ2) is 6.46. The molecule has 0 aromatic rings. The quantitative estimate of drug-likeness (QED) is 0.574. The third kappa shape index (κ3) is 5.83. The van der Waals surface area contributed by atoms with Crippen molar-refractivity contribution in [1.29, 1.82) is 0 Å². The summed E-state index contributed by atoms with van der Waals surface area (Å²) in [6.45, 7) is 12.1. The molecule has 0 heterocycles. The second-order valence-electron chi connectivity index (χ2n) is 7.51. The SMILES string of the molecule is CC(C)(C)[Si](C)(C)OC[C@H]1CC[C@H](OS(C)(=O)=O)CC1. The molecule has 0 atom stereocenters. The Morgan fingerprint density at radius 3 is 2.00 bits per heavy atom. The Morgan fingerprint density at radius 1 is 1.10 bits per heavy atom. The summed E-state index contributed by atoms with van der Waals surface area (Å²) in [5, 5.41) is 0.240. The molecule has 0 saturated heterocycles. The number of hydrogen-bond donors (Lipinski definition) is 0. The van der Waals surface area contributed by atoms with Crippen molar-refractivity contribution in [3.8, 4) is 0 Å². The minimum Gasteiger partial charge on any atom is -0.417 e. The molecule has 0 N–H and O–H groups in total. The highest BCUT2D eigenvalue weighted by Crippen LogP contribution is 2.37. The summed E-state index contributed by atoms with van der Waals surface area (Å²) in [5.74, 6) is 0.545. The summed E-state index contributed by atoms with van der Waals surface area (Å²) in [6, 6.07) is 0. The van der Waals surface area contributed by atoms with E-state index in [4.69, 9.17) is 8.61 Å². The largest absolute Gasteiger partial charge is 0.417 e. The van der Waals surface area contributed by atoms with Gasteiger partial charge in [-0.15, -0.1) is 0 Å². The third-order valence-corrected chi connectivity index (χ3v) is 9.71. The standard InChI is InChI=1S/C14H30O4SSi/c1-14(2,3)20(5,6)17-11-12-7-9-13(10-8-12)18-19(4,15)16/h12-13H,7-11H2,1-6H3/t12-,13-. The van der Waals surface area contributed by atoms with E-state index < -0.39 is 18.4 Å². The lowest BCUT2D eigenvalue weighted by Gasteiger charge is -2.38. The fourth-order valence-corrected chi connectivity index (χ4v) is 3.96. The van der Waals surface area contributed by atoms with Crippen LogP contribution in [0.4, 0.5) is 0 Å². The zero-order valence-electron chi connectivity index (χ0n) is 13.7. The van der Waals surface area contributed by atoms with E-state index in [0.717, 1.165) is 38.5 Å². The highest BCUT2D eigenvalue weighted by atomic mass is 32.2. The van der Waals surface area contributed by atoms with Gasteiger partial charge in [0.2, 0.25) is 0 Å². The first kappa shape index (κ1) is 18.1. The highest BCUT2D eigenvalue weighted by Gasteiger charge is 2.38. The van der Waals surface area contributed by atoms with Gasteiger partial charge in [0, 0.05) is 6.61 Å². The Kier molecular flexibility index (Phi) is 5.86. The van der Waals surface area contributed by atoms with E-state index >= 15 is 0 Å². The first-order chi connectivity index (χ1) is 8.91. The Balaban J connectivity index is 2.37. The van der Waals surface area contributed by atoms with Crippen molar-refractivity contribution in [3.63, 3.8) is 0 Å². The molecule has 1 fully saturated rings. The maximum atomic E-state index is 11.1. The van der Waals surface area contributed by atoms with E-state index in [0.29, 0.717) is 5.92 Å². The zero-order valence-corrected chi connectivity index (χ0v) is 15.5. The van der Waals surface area contributed by atoms with E-state index in [9.17, 15) is 8.42 Å². The van der Waals surface area contributed by atoms with Crippen LogP contribution in [0.1, 0.15) is 46.5 Å². The smallest absolute Gasteiger partial charge is 0.264 e. The minimum absolute atomic E-state index is 0.130. The zero-order chi connectivity index (χ0) is 15.6. The van der Waals surface area contributed by atoms with Crippen molar-refractivity contribution in [2.24, 2.45) is 5.92 Å². The summed E-state index contributed by atoms with van der Waals surface area (Å²) in [4.78, 5) is 0. The molecule has 0 bridgehead atoms. The summed E-state index contributed by atoms with van der Waals surface area (Å²) < 4.78 is 33.5. The molecular formula is C14H30O4SSi. The molecule has 1 saturated carbocycles. The fraction of sp³-hybridized carbons (Fsp3) is 1.00. The van der Waals surface area contributed by atoms with Gasteiger partial charge in [0.1, 0.15) is 0 Å². The molecule has 1 rings (SSSR count). The molecule has 0 amide bonds. The van der Waals surface area contributed by atoms with Crippen LogP contribution >= 0.6 is 0 Å².